The van der Waals surface area contributed by atoms with Crippen LogP contribution in [0.4, 0.5) is 0 Å². The Morgan fingerprint density at radius 2 is 2.19 bits per heavy atom. The molecule has 0 aliphatic heterocycles. The zero-order chi connectivity index (χ0) is 15.8. The summed E-state index contributed by atoms with van der Waals surface area (Å²) in [6, 6.07) is 0. The minimum absolute atomic E-state index is 0.0616. The van der Waals surface area contributed by atoms with Gasteiger partial charge in [-0.05, 0) is 37.4 Å². The highest BCUT2D eigenvalue weighted by Crippen LogP contribution is 2.59. The fourth-order valence-electron chi connectivity index (χ4n) is 2.86. The first-order valence-corrected chi connectivity index (χ1v) is 7.69. The van der Waals surface area contributed by atoms with Crippen molar-refractivity contribution in [1.82, 2.24) is 20.1 Å². The zero-order valence-corrected chi connectivity index (χ0v) is 14.2. The molecule has 1 heterocycles. The fourth-order valence-corrected chi connectivity index (χ4v) is 3.01. The summed E-state index contributed by atoms with van der Waals surface area (Å²) in [5, 5.41) is 9.91. The van der Waals surface area contributed by atoms with E-state index in [0.29, 0.717) is 23.7 Å². The van der Waals surface area contributed by atoms with Crippen LogP contribution in [0, 0.1) is 22.0 Å². The Balaban J connectivity index is 1.87. The maximum absolute atomic E-state index is 12.3. The van der Waals surface area contributed by atoms with Crippen molar-refractivity contribution in [3.8, 4) is 0 Å². The van der Waals surface area contributed by atoms with Crippen LogP contribution in [0.1, 0.15) is 33.5 Å². The van der Waals surface area contributed by atoms with Crippen LogP contribution >= 0.6 is 12.2 Å². The normalized spacial score (nSPS) is 22.7. The summed E-state index contributed by atoms with van der Waals surface area (Å²) in [4.78, 5) is 12.3. The predicted molar refractivity (Wildman–Crippen MR) is 85.3 cm³/mol. The molecule has 2 atom stereocenters. The quantitative estimate of drug-likeness (QED) is 0.648. The van der Waals surface area contributed by atoms with Crippen molar-refractivity contribution in [3.05, 3.63) is 22.2 Å². The first-order chi connectivity index (χ1) is 9.75. The summed E-state index contributed by atoms with van der Waals surface area (Å²) in [6.07, 6.45) is 2.89. The third-order valence-corrected chi connectivity index (χ3v) is 4.69. The molecule has 1 aliphatic rings. The van der Waals surface area contributed by atoms with Crippen LogP contribution in [0.3, 0.4) is 0 Å². The molecule has 1 fully saturated rings. The molecule has 2 N–H and O–H groups in total. The van der Waals surface area contributed by atoms with Gasteiger partial charge in [-0.15, -0.1) is 0 Å². The Hall–Kier alpha value is -1.43. The molecule has 0 aromatic carbocycles. The van der Waals surface area contributed by atoms with Gasteiger partial charge in [0.2, 0.25) is 5.91 Å². The van der Waals surface area contributed by atoms with Gasteiger partial charge in [0, 0.05) is 20.0 Å². The second kappa shape index (κ2) is 5.75. The smallest absolute Gasteiger partial charge is 0.224 e. The molecule has 116 valence electrons. The number of allylic oxidation sites excluding steroid dienone is 2. The third-order valence-electron chi connectivity index (χ3n) is 4.33. The number of H-pyrrole nitrogens is 1. The van der Waals surface area contributed by atoms with E-state index in [9.17, 15) is 4.79 Å². The Bertz CT molecular complexity index is 622. The number of amides is 1. The van der Waals surface area contributed by atoms with Gasteiger partial charge in [0.15, 0.2) is 4.77 Å². The largest absolute Gasteiger partial charge is 0.355 e. The maximum atomic E-state index is 12.3. The van der Waals surface area contributed by atoms with Crippen LogP contribution in [0.15, 0.2) is 11.6 Å². The SMILES string of the molecule is CC(C)=C[C@@H]1[C@H](C(=O)NCCc2n[nH]c(=S)n2C)C1(C)C. The second-order valence-corrected chi connectivity index (χ2v) is 7.00. The summed E-state index contributed by atoms with van der Waals surface area (Å²) >= 11 is 5.06. The van der Waals surface area contributed by atoms with Crippen LogP contribution in [-0.2, 0) is 18.3 Å². The van der Waals surface area contributed by atoms with Crippen LogP contribution in [0.2, 0.25) is 0 Å². The second-order valence-electron chi connectivity index (χ2n) is 6.61. The summed E-state index contributed by atoms with van der Waals surface area (Å²) in [6.45, 7) is 9.04. The van der Waals surface area contributed by atoms with E-state index in [-0.39, 0.29) is 17.2 Å². The van der Waals surface area contributed by atoms with Gasteiger partial charge in [-0.2, -0.15) is 5.10 Å². The van der Waals surface area contributed by atoms with Gasteiger partial charge in [-0.3, -0.25) is 9.89 Å². The van der Waals surface area contributed by atoms with Gasteiger partial charge in [0.05, 0.1) is 5.92 Å². The van der Waals surface area contributed by atoms with E-state index in [1.807, 2.05) is 11.6 Å². The Morgan fingerprint density at radius 1 is 1.52 bits per heavy atom. The summed E-state index contributed by atoms with van der Waals surface area (Å²) in [5.74, 6) is 1.42. The Morgan fingerprint density at radius 3 is 2.71 bits per heavy atom. The minimum atomic E-state index is 0.0616. The van der Waals surface area contributed by atoms with Gasteiger partial charge < -0.3 is 9.88 Å². The van der Waals surface area contributed by atoms with E-state index < -0.39 is 0 Å². The highest BCUT2D eigenvalue weighted by molar-refractivity contribution is 7.71. The number of hydrogen-bond donors (Lipinski definition) is 2. The minimum Gasteiger partial charge on any atom is -0.355 e. The molecule has 0 saturated heterocycles. The molecule has 0 radical (unpaired) electrons. The lowest BCUT2D eigenvalue weighted by Gasteiger charge is -2.05. The average molecular weight is 308 g/mol. The van der Waals surface area contributed by atoms with E-state index in [1.54, 1.807) is 0 Å². The number of nitrogens with one attached hydrogen (secondary N) is 2. The topological polar surface area (TPSA) is 62.7 Å². The summed E-state index contributed by atoms with van der Waals surface area (Å²) in [7, 11) is 1.87. The molecule has 6 heteroatoms. The zero-order valence-electron chi connectivity index (χ0n) is 13.4. The number of aromatic amines is 1. The molecule has 0 bridgehead atoms. The molecule has 1 saturated carbocycles. The maximum Gasteiger partial charge on any atom is 0.224 e. The van der Waals surface area contributed by atoms with Gasteiger partial charge in [-0.25, -0.2) is 0 Å². The van der Waals surface area contributed by atoms with Crippen molar-refractivity contribution < 1.29 is 4.79 Å². The molecule has 0 unspecified atom stereocenters. The van der Waals surface area contributed by atoms with Crippen molar-refractivity contribution >= 4 is 18.1 Å². The molecule has 21 heavy (non-hydrogen) atoms. The molecule has 1 amide bonds. The molecular formula is C15H24N4OS. The number of aromatic nitrogens is 3. The predicted octanol–water partition coefficient (Wildman–Crippen LogP) is 2.37. The highest BCUT2D eigenvalue weighted by atomic mass is 32.1. The van der Waals surface area contributed by atoms with Crippen LogP contribution < -0.4 is 5.32 Å². The Labute approximate surface area is 130 Å². The number of carbonyl (C=O) groups excluding carboxylic acids is 1. The van der Waals surface area contributed by atoms with Crippen LogP contribution in [-0.4, -0.2) is 27.2 Å². The first-order valence-electron chi connectivity index (χ1n) is 7.28. The van der Waals surface area contributed by atoms with Crippen molar-refractivity contribution in [3.63, 3.8) is 0 Å². The molecule has 0 spiro atoms. The van der Waals surface area contributed by atoms with Gasteiger partial charge >= 0.3 is 0 Å². The number of rotatable bonds is 5. The average Bonchev–Trinajstić information content (AvgIpc) is 2.76. The number of carbonyl (C=O) groups is 1. The van der Waals surface area contributed by atoms with Crippen LogP contribution in [0.5, 0.6) is 0 Å². The molecule has 1 aromatic heterocycles. The van der Waals surface area contributed by atoms with Crippen molar-refractivity contribution in [1.29, 1.82) is 0 Å². The summed E-state index contributed by atoms with van der Waals surface area (Å²) < 4.78 is 2.43. The first kappa shape index (κ1) is 15.9. The monoisotopic (exact) mass is 308 g/mol. The van der Waals surface area contributed by atoms with Gasteiger partial charge in [0.1, 0.15) is 5.82 Å². The third kappa shape index (κ3) is 3.26. The van der Waals surface area contributed by atoms with E-state index in [1.165, 1.54) is 5.57 Å². The number of nitrogens with zero attached hydrogens (tertiary/aromatic N) is 2. The standard InChI is InChI=1S/C15H24N4OS/c1-9(2)8-10-12(15(10,3)4)13(20)16-7-6-11-17-18-14(21)19(11)5/h8,10,12H,6-7H2,1-5H3,(H,16,20)(H,18,21)/t10-,12-/m1/s1. The molecule has 2 rings (SSSR count). The Kier molecular flexibility index (Phi) is 4.37. The highest BCUT2D eigenvalue weighted by Gasteiger charge is 2.60. The molecular weight excluding hydrogens is 284 g/mol. The van der Waals surface area contributed by atoms with Crippen LogP contribution in [0.25, 0.3) is 0 Å². The van der Waals surface area contributed by atoms with Gasteiger partial charge in [-0.1, -0.05) is 25.5 Å². The lowest BCUT2D eigenvalue weighted by atomic mass is 10.1. The lowest BCUT2D eigenvalue weighted by Crippen LogP contribution is -2.29. The lowest BCUT2D eigenvalue weighted by molar-refractivity contribution is -0.123. The van der Waals surface area contributed by atoms with E-state index in [4.69, 9.17) is 12.2 Å². The molecule has 1 aliphatic carbocycles. The summed E-state index contributed by atoms with van der Waals surface area (Å²) in [5.41, 5.74) is 1.33. The van der Waals surface area contributed by atoms with Crippen molar-refractivity contribution in [2.75, 3.05) is 6.54 Å². The fraction of sp³-hybridized carbons (Fsp3) is 0.667. The molecule has 5 nitrogen and oxygen atoms in total. The van der Waals surface area contributed by atoms with Gasteiger partial charge in [0.25, 0.3) is 0 Å². The van der Waals surface area contributed by atoms with Crippen molar-refractivity contribution in [2.45, 2.75) is 34.1 Å². The number of hydrogen-bond acceptors (Lipinski definition) is 3. The molecule has 1 aromatic rings. The van der Waals surface area contributed by atoms with Crippen molar-refractivity contribution in [2.24, 2.45) is 24.3 Å². The van der Waals surface area contributed by atoms with E-state index in [2.05, 4.69) is 49.3 Å². The van der Waals surface area contributed by atoms with E-state index >= 15 is 0 Å². The van der Waals surface area contributed by atoms with E-state index in [0.717, 1.165) is 5.82 Å².